The lowest BCUT2D eigenvalue weighted by Gasteiger charge is -2.00. The maximum absolute atomic E-state index is 5.64. The first-order chi connectivity index (χ1) is 4.22. The molecule has 3 heteroatoms. The molecule has 0 bridgehead atoms. The van der Waals surface area contributed by atoms with Gasteiger partial charge in [-0.05, 0) is 39.9 Å². The van der Waals surface area contributed by atoms with Crippen molar-refractivity contribution >= 4 is 27.3 Å². The third-order valence-electron chi connectivity index (χ3n) is 1.14. The molecule has 0 amide bonds. The second-order valence-electron chi connectivity index (χ2n) is 1.94. The zero-order valence-electron chi connectivity index (χ0n) is 5.10. The third-order valence-corrected chi connectivity index (χ3v) is 2.87. The minimum atomic E-state index is 0.144. The fourth-order valence-electron chi connectivity index (χ4n) is 0.631. The van der Waals surface area contributed by atoms with Gasteiger partial charge in [-0.25, -0.2) is 0 Å². The highest BCUT2D eigenvalue weighted by atomic mass is 79.9. The van der Waals surface area contributed by atoms with E-state index in [4.69, 9.17) is 5.73 Å². The van der Waals surface area contributed by atoms with E-state index >= 15 is 0 Å². The van der Waals surface area contributed by atoms with Gasteiger partial charge in [-0.2, -0.15) is 0 Å². The Bertz CT molecular complexity index is 195. The van der Waals surface area contributed by atoms with Gasteiger partial charge in [-0.3, -0.25) is 0 Å². The molecule has 0 saturated carbocycles. The number of rotatable bonds is 1. The minimum Gasteiger partial charge on any atom is -0.324 e. The maximum atomic E-state index is 5.64. The average Bonchev–Trinajstić information content (AvgIpc) is 2.13. The van der Waals surface area contributed by atoms with E-state index in [0.717, 1.165) is 3.79 Å². The van der Waals surface area contributed by atoms with Crippen molar-refractivity contribution in [2.75, 3.05) is 0 Å². The molecule has 0 aromatic carbocycles. The second kappa shape index (κ2) is 2.82. The van der Waals surface area contributed by atoms with Crippen molar-refractivity contribution in [2.24, 2.45) is 5.73 Å². The lowest BCUT2D eigenvalue weighted by Crippen LogP contribution is -2.03. The summed E-state index contributed by atoms with van der Waals surface area (Å²) in [6.07, 6.45) is 0. The first-order valence-corrected chi connectivity index (χ1v) is 4.37. The molecule has 1 heterocycles. The van der Waals surface area contributed by atoms with Gasteiger partial charge >= 0.3 is 0 Å². The van der Waals surface area contributed by atoms with Gasteiger partial charge in [-0.1, -0.05) is 0 Å². The Hall–Kier alpha value is 0.140. The van der Waals surface area contributed by atoms with Gasteiger partial charge in [0.25, 0.3) is 0 Å². The normalized spacial score (nSPS) is 13.7. The predicted molar refractivity (Wildman–Crippen MR) is 44.6 cm³/mol. The summed E-state index contributed by atoms with van der Waals surface area (Å²) >= 11 is 5.07. The standard InChI is InChI=1S/C6H8BrNS/c1-4(8)5-2-3-9-6(5)7/h2-4H,8H2,1H3/t4-/m0/s1. The smallest absolute Gasteiger partial charge is 0.0745 e. The van der Waals surface area contributed by atoms with E-state index in [9.17, 15) is 0 Å². The van der Waals surface area contributed by atoms with Crippen LogP contribution in [0.5, 0.6) is 0 Å². The Morgan fingerprint density at radius 2 is 2.44 bits per heavy atom. The highest BCUT2D eigenvalue weighted by Crippen LogP contribution is 2.26. The van der Waals surface area contributed by atoms with Crippen LogP contribution in [0.25, 0.3) is 0 Å². The van der Waals surface area contributed by atoms with Crippen molar-refractivity contribution in [3.8, 4) is 0 Å². The van der Waals surface area contributed by atoms with E-state index in [0.29, 0.717) is 0 Å². The molecule has 9 heavy (non-hydrogen) atoms. The monoisotopic (exact) mass is 205 g/mol. The molecule has 0 radical (unpaired) electrons. The van der Waals surface area contributed by atoms with Crippen LogP contribution in [0, 0.1) is 0 Å². The van der Waals surface area contributed by atoms with Gasteiger partial charge in [0.05, 0.1) is 3.79 Å². The van der Waals surface area contributed by atoms with Crippen LogP contribution in [-0.2, 0) is 0 Å². The molecule has 0 spiro atoms. The number of halogens is 1. The number of nitrogens with two attached hydrogens (primary N) is 1. The van der Waals surface area contributed by atoms with Gasteiger partial charge in [-0.15, -0.1) is 11.3 Å². The van der Waals surface area contributed by atoms with Crippen LogP contribution >= 0.6 is 27.3 Å². The molecule has 1 aromatic rings. The van der Waals surface area contributed by atoms with Gasteiger partial charge in [0.15, 0.2) is 0 Å². The summed E-state index contributed by atoms with van der Waals surface area (Å²) in [6, 6.07) is 2.19. The summed E-state index contributed by atoms with van der Waals surface area (Å²) in [7, 11) is 0. The first-order valence-electron chi connectivity index (χ1n) is 2.70. The molecule has 0 fully saturated rings. The van der Waals surface area contributed by atoms with Crippen LogP contribution in [0.4, 0.5) is 0 Å². The summed E-state index contributed by atoms with van der Waals surface area (Å²) in [6.45, 7) is 1.98. The molecule has 1 atom stereocenters. The van der Waals surface area contributed by atoms with Gasteiger partial charge in [0, 0.05) is 6.04 Å². The highest BCUT2D eigenvalue weighted by molar-refractivity contribution is 9.11. The highest BCUT2D eigenvalue weighted by Gasteiger charge is 2.03. The molecular weight excluding hydrogens is 198 g/mol. The zero-order chi connectivity index (χ0) is 6.85. The number of hydrogen-bond donors (Lipinski definition) is 1. The van der Waals surface area contributed by atoms with Crippen LogP contribution in [0.15, 0.2) is 15.2 Å². The molecule has 1 aromatic heterocycles. The molecular formula is C6H8BrNS. The molecule has 1 rings (SSSR count). The van der Waals surface area contributed by atoms with Crippen molar-refractivity contribution in [1.29, 1.82) is 0 Å². The second-order valence-corrected chi connectivity index (χ2v) is 4.17. The maximum Gasteiger partial charge on any atom is 0.0745 e. The zero-order valence-corrected chi connectivity index (χ0v) is 7.50. The van der Waals surface area contributed by atoms with Crippen LogP contribution in [0.2, 0.25) is 0 Å². The Labute approximate surface area is 67.0 Å². The molecule has 0 unspecified atom stereocenters. The fourth-order valence-corrected chi connectivity index (χ4v) is 2.17. The molecule has 0 saturated heterocycles. The summed E-state index contributed by atoms with van der Waals surface area (Å²) in [5.41, 5.74) is 6.83. The first kappa shape index (κ1) is 7.25. The average molecular weight is 206 g/mol. The van der Waals surface area contributed by atoms with E-state index in [2.05, 4.69) is 15.9 Å². The third kappa shape index (κ3) is 1.53. The van der Waals surface area contributed by atoms with E-state index in [1.807, 2.05) is 18.4 Å². The molecule has 2 N–H and O–H groups in total. The number of thiophene rings is 1. The van der Waals surface area contributed by atoms with E-state index in [1.165, 1.54) is 5.56 Å². The van der Waals surface area contributed by atoms with Crippen LogP contribution in [0.1, 0.15) is 18.5 Å². The SMILES string of the molecule is C[C@H](N)c1ccsc1Br. The number of hydrogen-bond acceptors (Lipinski definition) is 2. The predicted octanol–water partition coefficient (Wildman–Crippen LogP) is 2.53. The van der Waals surface area contributed by atoms with Crippen molar-refractivity contribution in [3.63, 3.8) is 0 Å². The lowest BCUT2D eigenvalue weighted by molar-refractivity contribution is 0.819. The summed E-state index contributed by atoms with van der Waals surface area (Å²) in [4.78, 5) is 0. The Kier molecular flexibility index (Phi) is 2.27. The van der Waals surface area contributed by atoms with Gasteiger partial charge in [0.2, 0.25) is 0 Å². The van der Waals surface area contributed by atoms with Crippen molar-refractivity contribution in [2.45, 2.75) is 13.0 Å². The molecule has 1 nitrogen and oxygen atoms in total. The largest absolute Gasteiger partial charge is 0.324 e. The summed E-state index contributed by atoms with van der Waals surface area (Å²) in [5, 5.41) is 2.03. The van der Waals surface area contributed by atoms with Crippen molar-refractivity contribution in [3.05, 3.63) is 20.8 Å². The lowest BCUT2D eigenvalue weighted by atomic mass is 10.2. The Balaban J connectivity index is 2.94. The fraction of sp³-hybridized carbons (Fsp3) is 0.333. The Morgan fingerprint density at radius 3 is 2.67 bits per heavy atom. The summed E-state index contributed by atoms with van der Waals surface area (Å²) < 4.78 is 1.15. The van der Waals surface area contributed by atoms with E-state index in [-0.39, 0.29) is 6.04 Å². The van der Waals surface area contributed by atoms with Crippen molar-refractivity contribution in [1.82, 2.24) is 0 Å². The van der Waals surface area contributed by atoms with E-state index < -0.39 is 0 Å². The van der Waals surface area contributed by atoms with Crippen LogP contribution in [-0.4, -0.2) is 0 Å². The quantitative estimate of drug-likeness (QED) is 0.750. The van der Waals surface area contributed by atoms with Crippen LogP contribution < -0.4 is 5.73 Å². The molecule has 0 aliphatic rings. The van der Waals surface area contributed by atoms with Crippen LogP contribution in [0.3, 0.4) is 0 Å². The van der Waals surface area contributed by atoms with Gasteiger partial charge in [0.1, 0.15) is 0 Å². The molecule has 0 aliphatic heterocycles. The van der Waals surface area contributed by atoms with Gasteiger partial charge < -0.3 is 5.73 Å². The minimum absolute atomic E-state index is 0.144. The molecule has 50 valence electrons. The Morgan fingerprint density at radius 1 is 1.78 bits per heavy atom. The molecule has 0 aliphatic carbocycles. The summed E-state index contributed by atoms with van der Waals surface area (Å²) in [5.74, 6) is 0. The van der Waals surface area contributed by atoms with E-state index in [1.54, 1.807) is 11.3 Å². The van der Waals surface area contributed by atoms with Crippen molar-refractivity contribution < 1.29 is 0 Å². The topological polar surface area (TPSA) is 26.0 Å².